The molecule has 0 bridgehead atoms. The molecule has 1 aliphatic heterocycles. The second-order valence-corrected chi connectivity index (χ2v) is 7.02. The van der Waals surface area contributed by atoms with Crippen LogP contribution in [0.5, 0.6) is 5.75 Å². The number of fused-ring (bicyclic) bond motifs is 2. The number of para-hydroxylation sites is 1. The molecule has 3 aromatic rings. The van der Waals surface area contributed by atoms with E-state index in [4.69, 9.17) is 4.74 Å². The minimum atomic E-state index is -0.343. The minimum absolute atomic E-state index is 0.0201. The summed E-state index contributed by atoms with van der Waals surface area (Å²) in [4.78, 5) is 27.3. The van der Waals surface area contributed by atoms with E-state index in [2.05, 4.69) is 0 Å². The predicted octanol–water partition coefficient (Wildman–Crippen LogP) is 4.27. The van der Waals surface area contributed by atoms with E-state index in [9.17, 15) is 9.59 Å². The predicted molar refractivity (Wildman–Crippen MR) is 104 cm³/mol. The van der Waals surface area contributed by atoms with Gasteiger partial charge in [0.15, 0.2) is 0 Å². The fraction of sp³-hybridized carbons (Fsp3) is 0.143. The molecule has 0 N–H and O–H groups in total. The number of nitrogens with zero attached hydrogens (tertiary/aromatic N) is 1. The van der Waals surface area contributed by atoms with Crippen LogP contribution in [0.4, 0.5) is 5.69 Å². The molecule has 0 aliphatic carbocycles. The van der Waals surface area contributed by atoms with E-state index in [1.165, 1.54) is 11.8 Å². The Balaban J connectivity index is 1.47. The number of carbonyl (C=O) groups excluding carboxylic acids is 2. The molecule has 5 heteroatoms. The standard InChI is InChI=1S/C21H17NO3S/c23-20-14-26-19-11-4-3-9-17(19)22(20)13-12-21(24)25-18-10-5-7-15-6-1-2-8-16(15)18/h1-11H,12-14H2. The zero-order valence-corrected chi connectivity index (χ0v) is 14.9. The van der Waals surface area contributed by atoms with Crippen LogP contribution in [0.1, 0.15) is 6.42 Å². The van der Waals surface area contributed by atoms with E-state index in [0.29, 0.717) is 18.0 Å². The molecule has 0 saturated carbocycles. The number of esters is 1. The fourth-order valence-corrected chi connectivity index (χ4v) is 4.00. The van der Waals surface area contributed by atoms with Crippen LogP contribution in [-0.2, 0) is 9.59 Å². The van der Waals surface area contributed by atoms with Crippen molar-refractivity contribution in [3.05, 3.63) is 66.7 Å². The van der Waals surface area contributed by atoms with Crippen molar-refractivity contribution in [2.24, 2.45) is 0 Å². The van der Waals surface area contributed by atoms with Gasteiger partial charge >= 0.3 is 5.97 Å². The molecule has 1 heterocycles. The summed E-state index contributed by atoms with van der Waals surface area (Å²) >= 11 is 1.53. The Bertz CT molecular complexity index is 980. The maximum absolute atomic E-state index is 12.4. The normalized spacial score (nSPS) is 13.5. The molecule has 0 aromatic heterocycles. The maximum atomic E-state index is 12.4. The third kappa shape index (κ3) is 3.30. The van der Waals surface area contributed by atoms with E-state index in [0.717, 1.165) is 21.4 Å². The smallest absolute Gasteiger partial charge is 0.313 e. The highest BCUT2D eigenvalue weighted by Gasteiger charge is 2.25. The summed E-state index contributed by atoms with van der Waals surface area (Å²) in [7, 11) is 0. The Morgan fingerprint density at radius 1 is 1.00 bits per heavy atom. The molecule has 130 valence electrons. The van der Waals surface area contributed by atoms with Gasteiger partial charge in [0.05, 0.1) is 17.9 Å². The van der Waals surface area contributed by atoms with Gasteiger partial charge in [0.25, 0.3) is 0 Å². The van der Waals surface area contributed by atoms with E-state index in [1.807, 2.05) is 60.7 Å². The third-order valence-corrected chi connectivity index (χ3v) is 5.37. The van der Waals surface area contributed by atoms with Gasteiger partial charge in [-0.2, -0.15) is 0 Å². The van der Waals surface area contributed by atoms with E-state index >= 15 is 0 Å². The third-order valence-electron chi connectivity index (χ3n) is 4.32. The summed E-state index contributed by atoms with van der Waals surface area (Å²) in [5, 5.41) is 1.93. The lowest BCUT2D eigenvalue weighted by molar-refractivity contribution is -0.134. The van der Waals surface area contributed by atoms with Crippen LogP contribution < -0.4 is 9.64 Å². The monoisotopic (exact) mass is 363 g/mol. The quantitative estimate of drug-likeness (QED) is 0.513. The number of benzene rings is 3. The minimum Gasteiger partial charge on any atom is -0.426 e. The van der Waals surface area contributed by atoms with Crippen molar-refractivity contribution in [2.75, 3.05) is 17.2 Å². The van der Waals surface area contributed by atoms with E-state index in [-0.39, 0.29) is 18.3 Å². The molecule has 4 rings (SSSR count). The average molecular weight is 363 g/mol. The highest BCUT2D eigenvalue weighted by molar-refractivity contribution is 8.00. The molecule has 0 fully saturated rings. The van der Waals surface area contributed by atoms with E-state index in [1.54, 1.807) is 11.0 Å². The van der Waals surface area contributed by atoms with Gasteiger partial charge in [0.1, 0.15) is 5.75 Å². The lowest BCUT2D eigenvalue weighted by Crippen LogP contribution is -2.37. The molecule has 0 spiro atoms. The van der Waals surface area contributed by atoms with Crippen LogP contribution >= 0.6 is 11.8 Å². The van der Waals surface area contributed by atoms with Crippen LogP contribution in [0.2, 0.25) is 0 Å². The van der Waals surface area contributed by atoms with Gasteiger partial charge in [-0.25, -0.2) is 0 Å². The lowest BCUT2D eigenvalue weighted by atomic mass is 10.1. The first-order chi connectivity index (χ1) is 12.7. The molecule has 0 radical (unpaired) electrons. The van der Waals surface area contributed by atoms with Crippen molar-refractivity contribution in [1.29, 1.82) is 0 Å². The number of thioether (sulfide) groups is 1. The first-order valence-electron chi connectivity index (χ1n) is 8.43. The molecular weight excluding hydrogens is 346 g/mol. The highest BCUT2D eigenvalue weighted by atomic mass is 32.2. The Kier molecular flexibility index (Phi) is 4.63. The first-order valence-corrected chi connectivity index (χ1v) is 9.41. The summed E-state index contributed by atoms with van der Waals surface area (Å²) in [5.74, 6) is 0.626. The molecule has 4 nitrogen and oxygen atoms in total. The van der Waals surface area contributed by atoms with Gasteiger partial charge in [-0.15, -0.1) is 11.8 Å². The molecular formula is C21H17NO3S. The summed E-state index contributed by atoms with van der Waals surface area (Å²) in [6, 6.07) is 21.2. The van der Waals surface area contributed by atoms with Crippen molar-refractivity contribution in [1.82, 2.24) is 0 Å². The van der Waals surface area contributed by atoms with Crippen molar-refractivity contribution >= 4 is 40.1 Å². The van der Waals surface area contributed by atoms with Crippen molar-refractivity contribution in [3.63, 3.8) is 0 Å². The number of hydrogen-bond acceptors (Lipinski definition) is 4. The number of anilines is 1. The molecule has 1 amide bonds. The van der Waals surface area contributed by atoms with Crippen LogP contribution in [0.3, 0.4) is 0 Å². The largest absolute Gasteiger partial charge is 0.426 e. The maximum Gasteiger partial charge on any atom is 0.313 e. The zero-order valence-electron chi connectivity index (χ0n) is 14.1. The molecule has 3 aromatic carbocycles. The summed E-state index contributed by atoms with van der Waals surface area (Å²) in [5.41, 5.74) is 0.867. The van der Waals surface area contributed by atoms with Gasteiger partial charge in [0.2, 0.25) is 5.91 Å². The van der Waals surface area contributed by atoms with Crippen molar-refractivity contribution in [2.45, 2.75) is 11.3 Å². The number of ether oxygens (including phenoxy) is 1. The molecule has 0 saturated heterocycles. The second-order valence-electron chi connectivity index (χ2n) is 6.00. The topological polar surface area (TPSA) is 46.6 Å². The van der Waals surface area contributed by atoms with Gasteiger partial charge in [-0.3, -0.25) is 9.59 Å². The summed E-state index contributed by atoms with van der Waals surface area (Å²) in [6.07, 6.45) is 0.147. The SMILES string of the molecule is O=C(CCN1C(=O)CSc2ccccc21)Oc1cccc2ccccc12. The second kappa shape index (κ2) is 7.22. The molecule has 1 aliphatic rings. The molecule has 26 heavy (non-hydrogen) atoms. The first kappa shape index (κ1) is 16.7. The van der Waals surface area contributed by atoms with E-state index < -0.39 is 0 Å². The summed E-state index contributed by atoms with van der Waals surface area (Å²) < 4.78 is 5.56. The highest BCUT2D eigenvalue weighted by Crippen LogP contribution is 2.35. The Labute approximate surface area is 155 Å². The Hall–Kier alpha value is -2.79. The van der Waals surface area contributed by atoms with Crippen LogP contribution in [0.15, 0.2) is 71.6 Å². The molecule has 0 unspecified atom stereocenters. The van der Waals surface area contributed by atoms with Crippen LogP contribution in [-0.4, -0.2) is 24.2 Å². The van der Waals surface area contributed by atoms with Gasteiger partial charge in [0, 0.05) is 16.8 Å². The van der Waals surface area contributed by atoms with Crippen LogP contribution in [0, 0.1) is 0 Å². The lowest BCUT2D eigenvalue weighted by Gasteiger charge is -2.28. The average Bonchev–Trinajstić information content (AvgIpc) is 2.67. The fourth-order valence-electron chi connectivity index (χ4n) is 3.06. The summed E-state index contributed by atoms with van der Waals surface area (Å²) in [6.45, 7) is 0.319. The van der Waals surface area contributed by atoms with Gasteiger partial charge in [-0.05, 0) is 23.6 Å². The van der Waals surface area contributed by atoms with Gasteiger partial charge in [-0.1, -0.05) is 48.5 Å². The van der Waals surface area contributed by atoms with Crippen molar-refractivity contribution in [3.8, 4) is 5.75 Å². The number of hydrogen-bond donors (Lipinski definition) is 0. The van der Waals surface area contributed by atoms with Crippen molar-refractivity contribution < 1.29 is 14.3 Å². The van der Waals surface area contributed by atoms with Crippen LogP contribution in [0.25, 0.3) is 10.8 Å². The number of rotatable bonds is 4. The number of carbonyl (C=O) groups is 2. The van der Waals surface area contributed by atoms with Gasteiger partial charge < -0.3 is 9.64 Å². The Morgan fingerprint density at radius 3 is 2.69 bits per heavy atom. The molecule has 0 atom stereocenters. The zero-order chi connectivity index (χ0) is 17.9. The number of amides is 1. The Morgan fingerprint density at radius 2 is 1.77 bits per heavy atom.